The molecule has 0 aliphatic carbocycles. The molecule has 0 bridgehead atoms. The van der Waals surface area contributed by atoms with Gasteiger partial charge in [0, 0.05) is 5.56 Å². The van der Waals surface area contributed by atoms with Gasteiger partial charge in [-0.15, -0.1) is 10.2 Å². The topological polar surface area (TPSA) is 38.9 Å². The van der Waals surface area contributed by atoms with E-state index in [9.17, 15) is 0 Å². The van der Waals surface area contributed by atoms with E-state index in [2.05, 4.69) is 65.7 Å². The molecule has 23 heavy (non-hydrogen) atoms. The van der Waals surface area contributed by atoms with Crippen molar-refractivity contribution in [3.8, 4) is 11.5 Å². The van der Waals surface area contributed by atoms with Crippen LogP contribution in [0.5, 0.6) is 0 Å². The van der Waals surface area contributed by atoms with Gasteiger partial charge in [-0.05, 0) is 35.4 Å². The summed E-state index contributed by atoms with van der Waals surface area (Å²) in [4.78, 5) is 0. The van der Waals surface area contributed by atoms with Gasteiger partial charge in [0.15, 0.2) is 0 Å². The highest BCUT2D eigenvalue weighted by molar-refractivity contribution is 5.86. The predicted molar refractivity (Wildman–Crippen MR) is 91.2 cm³/mol. The van der Waals surface area contributed by atoms with E-state index in [1.54, 1.807) is 0 Å². The third-order valence-corrected chi connectivity index (χ3v) is 3.94. The number of hydrogen-bond donors (Lipinski definition) is 0. The van der Waals surface area contributed by atoms with Crippen LogP contribution in [0.4, 0.5) is 0 Å². The number of benzene rings is 3. The third kappa shape index (κ3) is 2.86. The quantitative estimate of drug-likeness (QED) is 0.546. The van der Waals surface area contributed by atoms with Crippen LogP contribution in [0, 0.1) is 6.92 Å². The van der Waals surface area contributed by atoms with E-state index in [4.69, 9.17) is 4.42 Å². The first kappa shape index (κ1) is 13.7. The number of hydrogen-bond acceptors (Lipinski definition) is 3. The van der Waals surface area contributed by atoms with E-state index in [0.29, 0.717) is 18.2 Å². The average molecular weight is 300 g/mol. The lowest BCUT2D eigenvalue weighted by atomic mass is 10.1. The first-order chi connectivity index (χ1) is 11.3. The molecule has 0 saturated heterocycles. The number of aromatic nitrogens is 2. The summed E-state index contributed by atoms with van der Waals surface area (Å²) in [7, 11) is 0. The SMILES string of the molecule is Cc1ccc(Cc2nnc(-c3ccc4ccccc4c3)o2)cc1. The van der Waals surface area contributed by atoms with Gasteiger partial charge in [-0.1, -0.05) is 60.2 Å². The second kappa shape index (κ2) is 5.69. The number of rotatable bonds is 3. The summed E-state index contributed by atoms with van der Waals surface area (Å²) in [6.07, 6.45) is 0.654. The molecular formula is C20H16N2O. The summed E-state index contributed by atoms with van der Waals surface area (Å²) < 4.78 is 5.83. The average Bonchev–Trinajstić information content (AvgIpc) is 3.05. The lowest BCUT2D eigenvalue weighted by Gasteiger charge is -2.00. The number of aryl methyl sites for hydroxylation is 1. The van der Waals surface area contributed by atoms with Gasteiger partial charge >= 0.3 is 0 Å². The standard InChI is InChI=1S/C20H16N2O/c1-14-6-8-15(9-7-14)12-19-21-22-20(23-19)18-11-10-16-4-2-3-5-17(16)13-18/h2-11,13H,12H2,1H3. The molecule has 0 unspecified atom stereocenters. The van der Waals surface area contributed by atoms with Gasteiger partial charge in [0.2, 0.25) is 11.8 Å². The highest BCUT2D eigenvalue weighted by Crippen LogP contribution is 2.24. The van der Waals surface area contributed by atoms with Crippen molar-refractivity contribution in [2.45, 2.75) is 13.3 Å². The first-order valence-electron chi connectivity index (χ1n) is 7.65. The van der Waals surface area contributed by atoms with Crippen LogP contribution in [0.25, 0.3) is 22.2 Å². The lowest BCUT2D eigenvalue weighted by molar-refractivity contribution is 0.518. The Bertz CT molecular complexity index is 955. The van der Waals surface area contributed by atoms with Gasteiger partial charge < -0.3 is 4.42 Å². The zero-order valence-electron chi connectivity index (χ0n) is 12.9. The van der Waals surface area contributed by atoms with Crippen LogP contribution >= 0.6 is 0 Å². The molecule has 0 fully saturated rings. The van der Waals surface area contributed by atoms with Gasteiger partial charge in [0.1, 0.15) is 0 Å². The summed E-state index contributed by atoms with van der Waals surface area (Å²) >= 11 is 0. The molecule has 3 nitrogen and oxygen atoms in total. The second-order valence-corrected chi connectivity index (χ2v) is 5.73. The highest BCUT2D eigenvalue weighted by Gasteiger charge is 2.09. The van der Waals surface area contributed by atoms with Crippen LogP contribution in [0.2, 0.25) is 0 Å². The summed E-state index contributed by atoms with van der Waals surface area (Å²) in [6, 6.07) is 22.8. The minimum Gasteiger partial charge on any atom is -0.420 e. The first-order valence-corrected chi connectivity index (χ1v) is 7.65. The molecule has 4 aromatic rings. The fourth-order valence-corrected chi connectivity index (χ4v) is 2.64. The Hall–Kier alpha value is -2.94. The Morgan fingerprint density at radius 3 is 2.43 bits per heavy atom. The van der Waals surface area contributed by atoms with Crippen molar-refractivity contribution < 1.29 is 4.42 Å². The van der Waals surface area contributed by atoms with Crippen LogP contribution in [0.15, 0.2) is 71.1 Å². The van der Waals surface area contributed by atoms with Crippen molar-refractivity contribution in [3.63, 3.8) is 0 Å². The Kier molecular flexibility index (Phi) is 3.39. The summed E-state index contributed by atoms with van der Waals surface area (Å²) in [6.45, 7) is 2.08. The highest BCUT2D eigenvalue weighted by atomic mass is 16.4. The van der Waals surface area contributed by atoms with Crippen molar-refractivity contribution in [1.29, 1.82) is 0 Å². The summed E-state index contributed by atoms with van der Waals surface area (Å²) in [5, 5.41) is 10.7. The molecule has 112 valence electrons. The smallest absolute Gasteiger partial charge is 0.247 e. The maximum Gasteiger partial charge on any atom is 0.247 e. The zero-order chi connectivity index (χ0) is 15.6. The Balaban J connectivity index is 1.62. The minimum atomic E-state index is 0.567. The summed E-state index contributed by atoms with van der Waals surface area (Å²) in [5.74, 6) is 1.20. The van der Waals surface area contributed by atoms with Crippen LogP contribution in [0.3, 0.4) is 0 Å². The maximum atomic E-state index is 5.83. The molecule has 1 aromatic heterocycles. The molecule has 4 rings (SSSR count). The third-order valence-electron chi connectivity index (χ3n) is 3.94. The number of nitrogens with zero attached hydrogens (tertiary/aromatic N) is 2. The normalized spacial score (nSPS) is 11.0. The Morgan fingerprint density at radius 2 is 1.61 bits per heavy atom. The van der Waals surface area contributed by atoms with Gasteiger partial charge in [-0.25, -0.2) is 0 Å². The second-order valence-electron chi connectivity index (χ2n) is 5.73. The molecule has 0 radical (unpaired) electrons. The number of fused-ring (bicyclic) bond motifs is 1. The van der Waals surface area contributed by atoms with E-state index in [0.717, 1.165) is 5.56 Å². The molecule has 0 saturated carbocycles. The van der Waals surface area contributed by atoms with E-state index >= 15 is 0 Å². The summed E-state index contributed by atoms with van der Waals surface area (Å²) in [5.41, 5.74) is 3.37. The predicted octanol–water partition coefficient (Wildman–Crippen LogP) is 4.79. The fraction of sp³-hybridized carbons (Fsp3) is 0.100. The maximum absolute atomic E-state index is 5.83. The molecule has 0 N–H and O–H groups in total. The van der Waals surface area contributed by atoms with E-state index < -0.39 is 0 Å². The molecule has 0 atom stereocenters. The van der Waals surface area contributed by atoms with E-state index in [1.165, 1.54) is 21.9 Å². The van der Waals surface area contributed by atoms with Crippen molar-refractivity contribution in [1.82, 2.24) is 10.2 Å². The van der Waals surface area contributed by atoms with Crippen molar-refractivity contribution >= 4 is 10.8 Å². The molecule has 0 amide bonds. The van der Waals surface area contributed by atoms with Crippen molar-refractivity contribution in [2.75, 3.05) is 0 Å². The Morgan fingerprint density at radius 1 is 0.826 bits per heavy atom. The van der Waals surface area contributed by atoms with Crippen molar-refractivity contribution in [3.05, 3.63) is 83.7 Å². The molecule has 3 heteroatoms. The van der Waals surface area contributed by atoms with Crippen molar-refractivity contribution in [2.24, 2.45) is 0 Å². The minimum absolute atomic E-state index is 0.567. The monoisotopic (exact) mass is 300 g/mol. The molecule has 1 heterocycles. The van der Waals surface area contributed by atoms with Gasteiger partial charge in [0.05, 0.1) is 6.42 Å². The van der Waals surface area contributed by atoms with Crippen LogP contribution in [-0.4, -0.2) is 10.2 Å². The Labute approximate surface area is 134 Å². The van der Waals surface area contributed by atoms with Crippen LogP contribution < -0.4 is 0 Å². The fourth-order valence-electron chi connectivity index (χ4n) is 2.64. The van der Waals surface area contributed by atoms with E-state index in [1.807, 2.05) is 18.2 Å². The van der Waals surface area contributed by atoms with Gasteiger partial charge in [0.25, 0.3) is 0 Å². The molecular weight excluding hydrogens is 284 g/mol. The zero-order valence-corrected chi connectivity index (χ0v) is 12.9. The van der Waals surface area contributed by atoms with Gasteiger partial charge in [-0.3, -0.25) is 0 Å². The molecule has 0 aliphatic heterocycles. The lowest BCUT2D eigenvalue weighted by Crippen LogP contribution is -1.88. The van der Waals surface area contributed by atoms with E-state index in [-0.39, 0.29) is 0 Å². The van der Waals surface area contributed by atoms with Gasteiger partial charge in [-0.2, -0.15) is 0 Å². The van der Waals surface area contributed by atoms with Crippen LogP contribution in [0.1, 0.15) is 17.0 Å². The van der Waals surface area contributed by atoms with Crippen LogP contribution in [-0.2, 0) is 6.42 Å². The molecule has 0 aliphatic rings. The molecule has 3 aromatic carbocycles. The molecule has 0 spiro atoms. The largest absolute Gasteiger partial charge is 0.420 e.